The van der Waals surface area contributed by atoms with E-state index in [1.807, 2.05) is 37.3 Å². The highest BCUT2D eigenvalue weighted by Gasteiger charge is 2.27. The molecule has 0 fully saturated rings. The summed E-state index contributed by atoms with van der Waals surface area (Å²) >= 11 is 0. The maximum atomic E-state index is 11.3. The van der Waals surface area contributed by atoms with E-state index in [0.717, 1.165) is 33.4 Å². The van der Waals surface area contributed by atoms with Gasteiger partial charge >= 0.3 is 5.97 Å². The van der Waals surface area contributed by atoms with Gasteiger partial charge in [-0.25, -0.2) is 8.42 Å². The van der Waals surface area contributed by atoms with Crippen molar-refractivity contribution in [2.24, 2.45) is 0 Å². The smallest absolute Gasteiger partial charge is 0.304 e. The van der Waals surface area contributed by atoms with Gasteiger partial charge < -0.3 is 19.3 Å². The third-order valence-corrected chi connectivity index (χ3v) is 7.94. The van der Waals surface area contributed by atoms with Crippen LogP contribution in [0, 0.1) is 13.8 Å². The molecule has 0 saturated heterocycles. The predicted octanol–water partition coefficient (Wildman–Crippen LogP) is 6.01. The Morgan fingerprint density at radius 2 is 1.85 bits per heavy atom. The molecule has 0 amide bonds. The summed E-state index contributed by atoms with van der Waals surface area (Å²) in [6.07, 6.45) is 1.57. The second-order valence-electron chi connectivity index (χ2n) is 10.3. The quantitative estimate of drug-likeness (QED) is 0.275. The number of carboxylic acid groups (broad SMARTS) is 1. The van der Waals surface area contributed by atoms with Crippen molar-refractivity contribution < 1.29 is 32.5 Å². The number of hydrogen-bond acceptors (Lipinski definition) is 6. The number of aliphatic carboxylic acids is 1. The first-order chi connectivity index (χ1) is 18.5. The molecule has 1 aliphatic rings. The Morgan fingerprint density at radius 1 is 1.10 bits per heavy atom. The lowest BCUT2D eigenvalue weighted by atomic mass is 9.92. The van der Waals surface area contributed by atoms with Crippen molar-refractivity contribution >= 4 is 15.8 Å². The summed E-state index contributed by atoms with van der Waals surface area (Å²) in [6.45, 7) is 7.40. The van der Waals surface area contributed by atoms with Gasteiger partial charge in [-0.3, -0.25) is 4.79 Å². The number of carboxylic acids is 1. The first-order valence-electron chi connectivity index (χ1n) is 13.1. The standard InChI is InChI=1S/C31H36O7S/c1-20-13-23(18-36-11-6-12-39(4,34)35)14-21(2)31(20)25-8-5-7-24(15-25)22(3)38-27-9-10-28-26(16-30(32)33)19-37-29(28)17-27/h5,7-10,13-15,17,22,26H,6,11-12,16,18-19H2,1-4H3,(H,32,33)/t22-,26+/m0/s1. The van der Waals surface area contributed by atoms with Crippen molar-refractivity contribution in [3.05, 3.63) is 82.4 Å². The Hall–Kier alpha value is -3.36. The number of fused-ring (bicyclic) bond motifs is 1. The lowest BCUT2D eigenvalue weighted by molar-refractivity contribution is -0.137. The number of aryl methyl sites for hydroxylation is 2. The summed E-state index contributed by atoms with van der Waals surface area (Å²) in [6, 6.07) is 18.2. The zero-order valence-corrected chi connectivity index (χ0v) is 23.7. The van der Waals surface area contributed by atoms with Crippen molar-refractivity contribution in [1.82, 2.24) is 0 Å². The van der Waals surface area contributed by atoms with Crippen molar-refractivity contribution in [3.8, 4) is 22.6 Å². The summed E-state index contributed by atoms with van der Waals surface area (Å²) in [5.41, 5.74) is 7.56. The highest BCUT2D eigenvalue weighted by atomic mass is 32.2. The van der Waals surface area contributed by atoms with Crippen LogP contribution < -0.4 is 9.47 Å². The van der Waals surface area contributed by atoms with Gasteiger partial charge in [-0.05, 0) is 72.7 Å². The largest absolute Gasteiger partial charge is 0.492 e. The molecule has 2 atom stereocenters. The lowest BCUT2D eigenvalue weighted by Gasteiger charge is -2.18. The molecule has 1 N–H and O–H groups in total. The third kappa shape index (κ3) is 7.61. The molecule has 0 aromatic heterocycles. The SMILES string of the molecule is Cc1cc(COCCCS(C)(=O)=O)cc(C)c1-c1cccc([C@H](C)Oc2ccc3c(c2)OC[C@H]3CC(=O)O)c1. The Labute approximate surface area is 230 Å². The first-order valence-corrected chi connectivity index (χ1v) is 15.2. The van der Waals surface area contributed by atoms with E-state index in [2.05, 4.69) is 38.1 Å². The van der Waals surface area contributed by atoms with Gasteiger partial charge in [0.1, 0.15) is 27.4 Å². The molecule has 3 aromatic carbocycles. The van der Waals surface area contributed by atoms with Crippen LogP contribution in [-0.2, 0) is 26.0 Å². The van der Waals surface area contributed by atoms with Crippen LogP contribution in [0.5, 0.6) is 11.5 Å². The lowest BCUT2D eigenvalue weighted by Crippen LogP contribution is -2.07. The minimum absolute atomic E-state index is 0.0502. The van der Waals surface area contributed by atoms with E-state index in [0.29, 0.717) is 37.7 Å². The Bertz CT molecular complexity index is 1420. The molecule has 0 bridgehead atoms. The van der Waals surface area contributed by atoms with Gasteiger partial charge in [-0.15, -0.1) is 0 Å². The van der Waals surface area contributed by atoms with Crippen LogP contribution in [0.1, 0.15) is 59.6 Å². The van der Waals surface area contributed by atoms with Gasteiger partial charge in [0.05, 0.1) is 25.4 Å². The number of sulfone groups is 1. The van der Waals surface area contributed by atoms with E-state index >= 15 is 0 Å². The fourth-order valence-electron chi connectivity index (χ4n) is 5.13. The molecule has 39 heavy (non-hydrogen) atoms. The molecule has 0 unspecified atom stereocenters. The molecule has 0 spiro atoms. The topological polar surface area (TPSA) is 99.1 Å². The van der Waals surface area contributed by atoms with Crippen LogP contribution in [-0.4, -0.2) is 44.7 Å². The number of ether oxygens (including phenoxy) is 3. The molecular formula is C31H36O7S. The normalized spacial score (nSPS) is 15.4. The van der Waals surface area contributed by atoms with Crippen LogP contribution in [0.2, 0.25) is 0 Å². The first kappa shape index (κ1) is 28.6. The zero-order chi connectivity index (χ0) is 28.2. The molecule has 1 heterocycles. The van der Waals surface area contributed by atoms with Crippen molar-refractivity contribution in [2.45, 2.75) is 52.2 Å². The molecule has 208 valence electrons. The highest BCUT2D eigenvalue weighted by molar-refractivity contribution is 7.90. The summed E-state index contributed by atoms with van der Waals surface area (Å²) < 4.78 is 40.2. The third-order valence-electron chi connectivity index (χ3n) is 6.91. The van der Waals surface area contributed by atoms with Gasteiger partial charge in [-0.1, -0.05) is 36.4 Å². The van der Waals surface area contributed by atoms with E-state index in [9.17, 15) is 13.2 Å². The second-order valence-corrected chi connectivity index (χ2v) is 12.6. The highest BCUT2D eigenvalue weighted by Crippen LogP contribution is 2.39. The fraction of sp³-hybridized carbons (Fsp3) is 0.387. The number of hydrogen-bond donors (Lipinski definition) is 1. The van der Waals surface area contributed by atoms with Crippen molar-refractivity contribution in [2.75, 3.05) is 25.2 Å². The Balaban J connectivity index is 1.43. The molecule has 4 rings (SSSR count). The van der Waals surface area contributed by atoms with E-state index < -0.39 is 15.8 Å². The summed E-state index contributed by atoms with van der Waals surface area (Å²) in [5.74, 6) is 0.530. The van der Waals surface area contributed by atoms with Crippen LogP contribution in [0.4, 0.5) is 0 Å². The van der Waals surface area contributed by atoms with Crippen molar-refractivity contribution in [3.63, 3.8) is 0 Å². The van der Waals surface area contributed by atoms with Gasteiger partial charge in [-0.2, -0.15) is 0 Å². The van der Waals surface area contributed by atoms with E-state index in [4.69, 9.17) is 19.3 Å². The average molecular weight is 553 g/mol. The molecule has 0 radical (unpaired) electrons. The second kappa shape index (κ2) is 12.2. The molecular weight excluding hydrogens is 516 g/mol. The monoisotopic (exact) mass is 552 g/mol. The number of carbonyl (C=O) groups is 1. The van der Waals surface area contributed by atoms with E-state index in [1.54, 1.807) is 0 Å². The van der Waals surface area contributed by atoms with Crippen LogP contribution in [0.25, 0.3) is 11.1 Å². The van der Waals surface area contributed by atoms with Gasteiger partial charge in [0, 0.05) is 30.4 Å². The van der Waals surface area contributed by atoms with Gasteiger partial charge in [0.2, 0.25) is 0 Å². The minimum Gasteiger partial charge on any atom is -0.492 e. The molecule has 3 aromatic rings. The number of benzene rings is 3. The zero-order valence-electron chi connectivity index (χ0n) is 22.9. The number of rotatable bonds is 12. The van der Waals surface area contributed by atoms with E-state index in [1.165, 1.54) is 11.8 Å². The van der Waals surface area contributed by atoms with Crippen LogP contribution >= 0.6 is 0 Å². The fourth-order valence-corrected chi connectivity index (χ4v) is 5.78. The maximum absolute atomic E-state index is 11.3. The van der Waals surface area contributed by atoms with Crippen LogP contribution in [0.15, 0.2) is 54.6 Å². The average Bonchev–Trinajstić information content (AvgIpc) is 3.24. The Morgan fingerprint density at radius 3 is 2.54 bits per heavy atom. The molecule has 0 aliphatic carbocycles. The molecule has 1 aliphatic heterocycles. The predicted molar refractivity (Wildman–Crippen MR) is 151 cm³/mol. The van der Waals surface area contributed by atoms with Gasteiger partial charge in [0.15, 0.2) is 0 Å². The van der Waals surface area contributed by atoms with E-state index in [-0.39, 0.29) is 24.2 Å². The summed E-state index contributed by atoms with van der Waals surface area (Å²) in [7, 11) is -2.97. The van der Waals surface area contributed by atoms with Crippen molar-refractivity contribution in [1.29, 1.82) is 0 Å². The molecule has 8 heteroatoms. The maximum Gasteiger partial charge on any atom is 0.304 e. The summed E-state index contributed by atoms with van der Waals surface area (Å²) in [5, 5.41) is 9.12. The minimum atomic E-state index is -2.97. The Kier molecular flexibility index (Phi) is 8.97. The van der Waals surface area contributed by atoms with Gasteiger partial charge in [0.25, 0.3) is 0 Å². The summed E-state index contributed by atoms with van der Waals surface area (Å²) in [4.78, 5) is 11.1. The molecule has 7 nitrogen and oxygen atoms in total. The van der Waals surface area contributed by atoms with Crippen LogP contribution in [0.3, 0.4) is 0 Å². The molecule has 0 saturated carbocycles.